The van der Waals surface area contributed by atoms with Crippen LogP contribution in [0.15, 0.2) is 0 Å². The Kier molecular flexibility index (Phi) is 2.48. The van der Waals surface area contributed by atoms with Gasteiger partial charge >= 0.3 is 5.97 Å². The molecule has 1 aliphatic rings. The van der Waals surface area contributed by atoms with Crippen molar-refractivity contribution in [3.63, 3.8) is 0 Å². The molecule has 0 atom stereocenters. The lowest BCUT2D eigenvalue weighted by Crippen LogP contribution is -2.31. The number of likely N-dealkylation sites (N-methyl/N-ethyl adjacent to an activating group) is 1. The molecule has 2 heterocycles. The molecule has 0 spiro atoms. The topological polar surface area (TPSA) is 58.4 Å². The Hall–Kier alpha value is -1.36. The van der Waals surface area contributed by atoms with Crippen molar-refractivity contribution < 1.29 is 9.90 Å². The Balaban J connectivity index is 2.41. The summed E-state index contributed by atoms with van der Waals surface area (Å²) in [5.41, 5.74) is 2.17. The van der Waals surface area contributed by atoms with Crippen molar-refractivity contribution in [2.24, 2.45) is 7.05 Å². The van der Waals surface area contributed by atoms with Crippen molar-refractivity contribution in [2.75, 3.05) is 13.1 Å². The number of hydrogen-bond acceptors (Lipinski definition) is 3. The van der Waals surface area contributed by atoms with Gasteiger partial charge in [0.25, 0.3) is 0 Å². The fraction of sp³-hybridized carbons (Fsp3) is 0.600. The molecule has 15 heavy (non-hydrogen) atoms. The molecule has 1 N–H and O–H groups in total. The van der Waals surface area contributed by atoms with E-state index in [-0.39, 0.29) is 5.69 Å². The molecule has 0 fully saturated rings. The smallest absolute Gasteiger partial charge is 0.356 e. The maximum Gasteiger partial charge on any atom is 0.356 e. The highest BCUT2D eigenvalue weighted by atomic mass is 16.4. The van der Waals surface area contributed by atoms with E-state index in [2.05, 4.69) is 16.9 Å². The summed E-state index contributed by atoms with van der Waals surface area (Å²) >= 11 is 0. The molecular weight excluding hydrogens is 194 g/mol. The van der Waals surface area contributed by atoms with Gasteiger partial charge in [0.15, 0.2) is 5.69 Å². The number of aryl methyl sites for hydroxylation is 1. The molecule has 0 unspecified atom stereocenters. The predicted molar refractivity (Wildman–Crippen MR) is 54.8 cm³/mol. The van der Waals surface area contributed by atoms with E-state index in [9.17, 15) is 4.79 Å². The highest BCUT2D eigenvalue weighted by Crippen LogP contribution is 2.21. The first kappa shape index (κ1) is 10.2. The minimum atomic E-state index is -0.926. The second-order valence-electron chi connectivity index (χ2n) is 3.82. The average Bonchev–Trinajstić information content (AvgIpc) is 2.56. The summed E-state index contributed by atoms with van der Waals surface area (Å²) in [7, 11) is 1.81. The second kappa shape index (κ2) is 3.66. The van der Waals surface area contributed by atoms with Gasteiger partial charge in [-0.3, -0.25) is 9.58 Å². The monoisotopic (exact) mass is 209 g/mol. The molecule has 0 aliphatic carbocycles. The van der Waals surface area contributed by atoms with Crippen LogP contribution in [-0.2, 0) is 20.0 Å². The van der Waals surface area contributed by atoms with Crippen LogP contribution < -0.4 is 0 Å². The van der Waals surface area contributed by atoms with E-state index in [0.717, 1.165) is 30.8 Å². The Morgan fingerprint density at radius 2 is 2.33 bits per heavy atom. The third kappa shape index (κ3) is 1.63. The average molecular weight is 209 g/mol. The van der Waals surface area contributed by atoms with Crippen LogP contribution in [0.1, 0.15) is 28.7 Å². The minimum absolute atomic E-state index is 0.214. The van der Waals surface area contributed by atoms with Gasteiger partial charge in [-0.25, -0.2) is 4.79 Å². The molecule has 0 bridgehead atoms. The number of fused-ring (bicyclic) bond motifs is 1. The van der Waals surface area contributed by atoms with Crippen LogP contribution in [0.5, 0.6) is 0 Å². The van der Waals surface area contributed by atoms with Crippen LogP contribution in [0.4, 0.5) is 0 Å². The van der Waals surface area contributed by atoms with Crippen LogP contribution in [0.2, 0.25) is 0 Å². The van der Waals surface area contributed by atoms with Gasteiger partial charge in [0.05, 0.1) is 0 Å². The van der Waals surface area contributed by atoms with E-state index in [0.29, 0.717) is 6.54 Å². The van der Waals surface area contributed by atoms with Crippen molar-refractivity contribution >= 4 is 5.97 Å². The zero-order valence-electron chi connectivity index (χ0n) is 9.03. The van der Waals surface area contributed by atoms with Crippen molar-refractivity contribution in [3.8, 4) is 0 Å². The predicted octanol–water partition coefficient (Wildman–Crippen LogP) is 0.496. The molecule has 1 aromatic heterocycles. The van der Waals surface area contributed by atoms with Gasteiger partial charge in [0.1, 0.15) is 0 Å². The highest BCUT2D eigenvalue weighted by Gasteiger charge is 2.25. The molecule has 0 amide bonds. The molecule has 2 rings (SSSR count). The second-order valence-corrected chi connectivity index (χ2v) is 3.82. The lowest BCUT2D eigenvalue weighted by Gasteiger charge is -2.25. The van der Waals surface area contributed by atoms with Crippen molar-refractivity contribution in [1.82, 2.24) is 14.7 Å². The molecule has 5 heteroatoms. The Labute approximate surface area is 88.3 Å². The summed E-state index contributed by atoms with van der Waals surface area (Å²) in [4.78, 5) is 13.2. The van der Waals surface area contributed by atoms with Crippen molar-refractivity contribution in [2.45, 2.75) is 19.9 Å². The minimum Gasteiger partial charge on any atom is -0.476 e. The fourth-order valence-corrected chi connectivity index (χ4v) is 2.09. The van der Waals surface area contributed by atoms with E-state index in [1.165, 1.54) is 0 Å². The van der Waals surface area contributed by atoms with E-state index < -0.39 is 5.97 Å². The number of carboxylic acids is 1. The third-order valence-electron chi connectivity index (χ3n) is 2.97. The number of nitrogens with zero attached hydrogens (tertiary/aromatic N) is 3. The first-order valence-electron chi connectivity index (χ1n) is 5.14. The highest BCUT2D eigenvalue weighted by molar-refractivity contribution is 5.87. The number of rotatable bonds is 2. The number of aromatic carboxylic acids is 1. The van der Waals surface area contributed by atoms with Gasteiger partial charge in [-0.1, -0.05) is 6.92 Å². The van der Waals surface area contributed by atoms with Gasteiger partial charge < -0.3 is 5.11 Å². The molecule has 0 saturated heterocycles. The quantitative estimate of drug-likeness (QED) is 0.770. The van der Waals surface area contributed by atoms with Gasteiger partial charge in [0.2, 0.25) is 0 Å². The SMILES string of the molecule is CCN1CCc2c(c(C(=O)O)nn2C)C1. The molecule has 5 nitrogen and oxygen atoms in total. The van der Waals surface area contributed by atoms with Crippen LogP contribution >= 0.6 is 0 Å². The van der Waals surface area contributed by atoms with Gasteiger partial charge in [-0.2, -0.15) is 5.10 Å². The molecule has 1 aliphatic heterocycles. The summed E-state index contributed by atoms with van der Waals surface area (Å²) in [6.07, 6.45) is 0.889. The number of hydrogen-bond donors (Lipinski definition) is 1. The van der Waals surface area contributed by atoms with Crippen molar-refractivity contribution in [1.29, 1.82) is 0 Å². The van der Waals surface area contributed by atoms with Gasteiger partial charge in [0, 0.05) is 37.8 Å². The first-order valence-corrected chi connectivity index (χ1v) is 5.14. The maximum atomic E-state index is 11.0. The number of aromatic nitrogens is 2. The maximum absolute atomic E-state index is 11.0. The van der Waals surface area contributed by atoms with Crippen LogP contribution in [0.3, 0.4) is 0 Å². The lowest BCUT2D eigenvalue weighted by molar-refractivity contribution is 0.0687. The van der Waals surface area contributed by atoms with Crippen molar-refractivity contribution in [3.05, 3.63) is 17.0 Å². The Bertz CT molecular complexity index is 398. The number of carboxylic acid groups (broad SMARTS) is 1. The third-order valence-corrected chi connectivity index (χ3v) is 2.97. The van der Waals surface area contributed by atoms with Gasteiger partial charge in [-0.05, 0) is 6.54 Å². The Morgan fingerprint density at radius 3 is 2.93 bits per heavy atom. The van der Waals surface area contributed by atoms with Crippen LogP contribution in [0.25, 0.3) is 0 Å². The first-order chi connectivity index (χ1) is 7.13. The largest absolute Gasteiger partial charge is 0.476 e. The van der Waals surface area contributed by atoms with E-state index in [4.69, 9.17) is 5.11 Å². The molecule has 0 saturated carbocycles. The van der Waals surface area contributed by atoms with E-state index >= 15 is 0 Å². The normalized spacial score (nSPS) is 16.4. The molecular formula is C10H15N3O2. The molecule has 0 radical (unpaired) electrons. The lowest BCUT2D eigenvalue weighted by atomic mass is 10.1. The Morgan fingerprint density at radius 1 is 1.60 bits per heavy atom. The standard InChI is InChI=1S/C10H15N3O2/c1-3-13-5-4-8-7(6-13)9(10(14)15)11-12(8)2/h3-6H2,1-2H3,(H,14,15). The van der Waals surface area contributed by atoms with E-state index in [1.807, 2.05) is 7.05 Å². The zero-order chi connectivity index (χ0) is 11.0. The fourth-order valence-electron chi connectivity index (χ4n) is 2.09. The summed E-state index contributed by atoms with van der Waals surface area (Å²) in [6, 6.07) is 0. The van der Waals surface area contributed by atoms with Crippen LogP contribution in [-0.4, -0.2) is 38.8 Å². The summed E-state index contributed by atoms with van der Waals surface area (Å²) in [6.45, 7) is 4.73. The summed E-state index contributed by atoms with van der Waals surface area (Å²) in [5, 5.41) is 13.1. The summed E-state index contributed by atoms with van der Waals surface area (Å²) < 4.78 is 1.70. The molecule has 1 aromatic rings. The van der Waals surface area contributed by atoms with Gasteiger partial charge in [-0.15, -0.1) is 0 Å². The number of carbonyl (C=O) groups is 1. The molecule has 82 valence electrons. The van der Waals surface area contributed by atoms with Crippen LogP contribution in [0, 0.1) is 0 Å². The zero-order valence-corrected chi connectivity index (χ0v) is 9.03. The molecule has 0 aromatic carbocycles. The van der Waals surface area contributed by atoms with E-state index in [1.54, 1.807) is 4.68 Å². The summed E-state index contributed by atoms with van der Waals surface area (Å²) in [5.74, 6) is -0.926.